The molecule has 3 rings (SSSR count). The van der Waals surface area contributed by atoms with Gasteiger partial charge in [-0.2, -0.15) is 0 Å². The minimum atomic E-state index is -0.522. The normalized spacial score (nSPS) is 20.5. The molecule has 124 valence electrons. The van der Waals surface area contributed by atoms with Gasteiger partial charge in [0.25, 0.3) is 0 Å². The van der Waals surface area contributed by atoms with Crippen LogP contribution in [0.1, 0.15) is 6.42 Å². The van der Waals surface area contributed by atoms with E-state index in [2.05, 4.69) is 0 Å². The first-order chi connectivity index (χ1) is 10.6. The molecule has 0 aliphatic carbocycles. The molecule has 1 fully saturated rings. The molecule has 23 heavy (non-hydrogen) atoms. The second-order valence-electron chi connectivity index (χ2n) is 5.21. The number of rotatable bonds is 3. The summed E-state index contributed by atoms with van der Waals surface area (Å²) in [5.74, 6) is -0.429. The summed E-state index contributed by atoms with van der Waals surface area (Å²) in [6.45, 7) is 0.980. The first-order valence-electron chi connectivity index (χ1n) is 7.04. The molecule has 2 heterocycles. The highest BCUT2D eigenvalue weighted by atomic mass is 35.5. The number of allylic oxidation sites excluding steroid dienone is 1. The third-order valence-electron chi connectivity index (χ3n) is 3.73. The van der Waals surface area contributed by atoms with Gasteiger partial charge in [0.2, 0.25) is 0 Å². The molecule has 2 aliphatic heterocycles. The lowest BCUT2D eigenvalue weighted by Gasteiger charge is -2.24. The average Bonchev–Trinajstić information content (AvgIpc) is 2.89. The van der Waals surface area contributed by atoms with E-state index < -0.39 is 11.9 Å². The first-order valence-corrected chi connectivity index (χ1v) is 7.04. The van der Waals surface area contributed by atoms with Crippen LogP contribution in [0.3, 0.4) is 0 Å². The average molecular weight is 342 g/mol. The van der Waals surface area contributed by atoms with Crippen molar-refractivity contribution in [2.24, 2.45) is 5.73 Å². The van der Waals surface area contributed by atoms with Crippen molar-refractivity contribution >= 4 is 35.7 Å². The predicted octanol–water partition coefficient (Wildman–Crippen LogP) is 1.82. The van der Waals surface area contributed by atoms with Gasteiger partial charge in [-0.05, 0) is 24.3 Å². The number of halogens is 2. The fourth-order valence-electron chi connectivity index (χ4n) is 2.51. The van der Waals surface area contributed by atoms with Crippen LogP contribution in [0.25, 0.3) is 0 Å². The highest BCUT2D eigenvalue weighted by molar-refractivity contribution is 5.92. The zero-order valence-electron chi connectivity index (χ0n) is 12.3. The first kappa shape index (κ1) is 17.2. The number of benzene rings is 1. The zero-order valence-corrected chi connectivity index (χ0v) is 13.1. The minimum absolute atomic E-state index is 0. The van der Waals surface area contributed by atoms with E-state index in [1.54, 1.807) is 23.2 Å². The maximum Gasteiger partial charge on any atom is 0.414 e. The molecule has 6 nitrogen and oxygen atoms in total. The lowest BCUT2D eigenvalue weighted by Crippen LogP contribution is -2.28. The van der Waals surface area contributed by atoms with Crippen LogP contribution in [0.15, 0.2) is 30.5 Å². The van der Waals surface area contributed by atoms with Crippen molar-refractivity contribution in [3.05, 3.63) is 36.3 Å². The maximum atomic E-state index is 14.3. The van der Waals surface area contributed by atoms with Crippen molar-refractivity contribution in [3.63, 3.8) is 0 Å². The molecule has 2 aliphatic rings. The van der Waals surface area contributed by atoms with Crippen LogP contribution in [-0.4, -0.2) is 37.6 Å². The predicted molar refractivity (Wildman–Crippen MR) is 86.4 cm³/mol. The highest BCUT2D eigenvalue weighted by Crippen LogP contribution is 2.28. The summed E-state index contributed by atoms with van der Waals surface area (Å²) >= 11 is 0. The van der Waals surface area contributed by atoms with E-state index in [0.717, 1.165) is 0 Å². The van der Waals surface area contributed by atoms with Gasteiger partial charge in [-0.15, -0.1) is 12.4 Å². The van der Waals surface area contributed by atoms with E-state index in [9.17, 15) is 14.0 Å². The smallest absolute Gasteiger partial charge is 0.414 e. The highest BCUT2D eigenvalue weighted by Gasteiger charge is 2.31. The Balaban J connectivity index is 0.00000192. The Kier molecular flexibility index (Phi) is 5.23. The van der Waals surface area contributed by atoms with Crippen molar-refractivity contribution in [2.75, 3.05) is 29.4 Å². The number of nitrogens with zero attached hydrogens (tertiary/aromatic N) is 2. The molecular formula is C15H17ClFN3O3. The number of ether oxygens (including phenoxy) is 1. The van der Waals surface area contributed by atoms with Crippen LogP contribution in [0, 0.1) is 5.82 Å². The maximum absolute atomic E-state index is 14.3. The molecule has 2 N–H and O–H groups in total. The van der Waals surface area contributed by atoms with E-state index in [1.165, 1.54) is 17.0 Å². The van der Waals surface area contributed by atoms with Gasteiger partial charge in [0.05, 0.1) is 17.9 Å². The monoisotopic (exact) mass is 341 g/mol. The molecule has 0 spiro atoms. The standard InChI is InChI=1S/C15H16FN3O3.ClH/c16-13-7-10(19-9-12(8-17)22-15(19)21)1-2-14(13)18-5-3-11(20)4-6-18;/h1-3,5,7,12H,4,6,8-9,17H2;1H/t12-;/m0./s1. The molecule has 0 aromatic heterocycles. The van der Waals surface area contributed by atoms with Crippen LogP contribution >= 0.6 is 12.4 Å². The fraction of sp³-hybridized carbons (Fsp3) is 0.333. The van der Waals surface area contributed by atoms with E-state index in [0.29, 0.717) is 30.9 Å². The Morgan fingerprint density at radius 3 is 2.70 bits per heavy atom. The molecule has 1 saturated heterocycles. The summed E-state index contributed by atoms with van der Waals surface area (Å²) in [5, 5.41) is 0. The van der Waals surface area contributed by atoms with Crippen LogP contribution in [0.2, 0.25) is 0 Å². The van der Waals surface area contributed by atoms with Crippen LogP contribution in [-0.2, 0) is 9.53 Å². The van der Waals surface area contributed by atoms with Crippen LogP contribution in [0.4, 0.5) is 20.6 Å². The summed E-state index contributed by atoms with van der Waals surface area (Å²) in [6, 6.07) is 4.54. The molecule has 1 atom stereocenters. The zero-order chi connectivity index (χ0) is 15.7. The Labute approximate surface area is 139 Å². The summed E-state index contributed by atoms with van der Waals surface area (Å²) in [4.78, 5) is 26.0. The topological polar surface area (TPSA) is 75.9 Å². The number of carbonyl (C=O) groups is 2. The lowest BCUT2D eigenvalue weighted by atomic mass is 10.1. The number of ketones is 1. The van der Waals surface area contributed by atoms with Gasteiger partial charge in [0.15, 0.2) is 5.78 Å². The Morgan fingerprint density at radius 1 is 1.35 bits per heavy atom. The number of nitrogens with two attached hydrogens (primary N) is 1. The molecule has 0 unspecified atom stereocenters. The van der Waals surface area contributed by atoms with Crippen LogP contribution < -0.4 is 15.5 Å². The molecule has 0 radical (unpaired) electrons. The summed E-state index contributed by atoms with van der Waals surface area (Å²) in [6.07, 6.45) is 2.46. The van der Waals surface area contributed by atoms with Gasteiger partial charge < -0.3 is 15.4 Å². The number of carbonyl (C=O) groups excluding carboxylic acids is 2. The molecule has 0 bridgehead atoms. The number of anilines is 2. The van der Waals surface area contributed by atoms with E-state index >= 15 is 0 Å². The molecule has 1 aromatic rings. The molecular weight excluding hydrogens is 325 g/mol. The Bertz CT molecular complexity index is 653. The van der Waals surface area contributed by atoms with Crippen molar-refractivity contribution in [1.82, 2.24) is 0 Å². The lowest BCUT2D eigenvalue weighted by molar-refractivity contribution is -0.114. The Hall–Kier alpha value is -2.12. The number of cyclic esters (lactones) is 1. The largest absolute Gasteiger partial charge is 0.443 e. The van der Waals surface area contributed by atoms with Crippen molar-refractivity contribution in [3.8, 4) is 0 Å². The van der Waals surface area contributed by atoms with Gasteiger partial charge in [-0.25, -0.2) is 9.18 Å². The third kappa shape index (κ3) is 3.46. The SMILES string of the molecule is Cl.NC[C@H]1CN(c2ccc(N3C=CC(=O)CC3)c(F)c2)C(=O)O1. The van der Waals surface area contributed by atoms with Gasteiger partial charge >= 0.3 is 6.09 Å². The quantitative estimate of drug-likeness (QED) is 0.907. The second kappa shape index (κ2) is 6.97. The van der Waals surface area contributed by atoms with Crippen LogP contribution in [0.5, 0.6) is 0 Å². The second-order valence-corrected chi connectivity index (χ2v) is 5.21. The number of hydrogen-bond acceptors (Lipinski definition) is 5. The van der Waals surface area contributed by atoms with Crippen molar-refractivity contribution in [1.29, 1.82) is 0 Å². The minimum Gasteiger partial charge on any atom is -0.443 e. The summed E-state index contributed by atoms with van der Waals surface area (Å²) in [5.41, 5.74) is 6.28. The molecule has 1 aromatic carbocycles. The molecule has 0 saturated carbocycles. The van der Waals surface area contributed by atoms with E-state index in [4.69, 9.17) is 10.5 Å². The summed E-state index contributed by atoms with van der Waals surface area (Å²) in [7, 11) is 0. The van der Waals surface area contributed by atoms with Gasteiger partial charge in [0, 0.05) is 25.7 Å². The molecule has 8 heteroatoms. The van der Waals surface area contributed by atoms with Crippen molar-refractivity contribution in [2.45, 2.75) is 12.5 Å². The van der Waals surface area contributed by atoms with Gasteiger partial charge in [0.1, 0.15) is 11.9 Å². The van der Waals surface area contributed by atoms with Crippen molar-refractivity contribution < 1.29 is 18.7 Å². The van der Waals surface area contributed by atoms with E-state index in [-0.39, 0.29) is 30.8 Å². The number of amides is 1. The fourth-order valence-corrected chi connectivity index (χ4v) is 2.51. The van der Waals surface area contributed by atoms with Gasteiger partial charge in [-0.1, -0.05) is 0 Å². The summed E-state index contributed by atoms with van der Waals surface area (Å²) < 4.78 is 19.4. The Morgan fingerprint density at radius 2 is 2.13 bits per heavy atom. The molecule has 1 amide bonds. The third-order valence-corrected chi connectivity index (χ3v) is 3.73. The van der Waals surface area contributed by atoms with Gasteiger partial charge in [-0.3, -0.25) is 9.69 Å². The number of hydrogen-bond donors (Lipinski definition) is 1. The van der Waals surface area contributed by atoms with E-state index in [1.807, 2.05) is 0 Å².